The summed E-state index contributed by atoms with van der Waals surface area (Å²) >= 11 is 1.52. The Morgan fingerprint density at radius 3 is 2.65 bits per heavy atom. The Morgan fingerprint density at radius 1 is 1.23 bits per heavy atom. The van der Waals surface area contributed by atoms with E-state index in [-0.39, 0.29) is 11.9 Å². The lowest BCUT2D eigenvalue weighted by Crippen LogP contribution is -2.31. The normalized spacial score (nSPS) is 11.1. The van der Waals surface area contributed by atoms with Crippen molar-refractivity contribution in [1.29, 1.82) is 0 Å². The van der Waals surface area contributed by atoms with Gasteiger partial charge >= 0.3 is 0 Å². The summed E-state index contributed by atoms with van der Waals surface area (Å²) in [6, 6.07) is 10.5. The van der Waals surface area contributed by atoms with Crippen molar-refractivity contribution in [1.82, 2.24) is 20.1 Å². The van der Waals surface area contributed by atoms with Gasteiger partial charge in [0, 0.05) is 29.1 Å². The number of carbonyl (C=O) groups excluding carboxylic acids is 1. The highest BCUT2D eigenvalue weighted by Gasteiger charge is 2.16. The molecule has 1 amide bonds. The van der Waals surface area contributed by atoms with Gasteiger partial charge in [-0.05, 0) is 33.3 Å². The summed E-state index contributed by atoms with van der Waals surface area (Å²) in [4.78, 5) is 16.5. The molecule has 2 heterocycles. The number of nitrogens with one attached hydrogen (secondary N) is 1. The van der Waals surface area contributed by atoms with Crippen molar-refractivity contribution in [2.75, 3.05) is 0 Å². The average molecular weight is 369 g/mol. The van der Waals surface area contributed by atoms with Crippen molar-refractivity contribution in [3.63, 3.8) is 0 Å². The first kappa shape index (κ1) is 18.3. The van der Waals surface area contributed by atoms with E-state index in [1.807, 2.05) is 36.9 Å². The zero-order valence-corrected chi connectivity index (χ0v) is 16.4. The second-order valence-corrected chi connectivity index (χ2v) is 7.58. The third-order valence-corrected chi connectivity index (χ3v) is 5.04. The van der Waals surface area contributed by atoms with Crippen molar-refractivity contribution >= 4 is 17.2 Å². The van der Waals surface area contributed by atoms with Gasteiger partial charge in [-0.15, -0.1) is 11.3 Å². The van der Waals surface area contributed by atoms with E-state index in [0.29, 0.717) is 6.42 Å². The number of amides is 1. The van der Waals surface area contributed by atoms with Crippen LogP contribution in [0.25, 0.3) is 5.13 Å². The molecule has 0 fully saturated rings. The fourth-order valence-electron chi connectivity index (χ4n) is 2.93. The van der Waals surface area contributed by atoms with Gasteiger partial charge in [-0.1, -0.05) is 30.3 Å². The summed E-state index contributed by atoms with van der Waals surface area (Å²) in [5.74, 6) is -0.00464. The van der Waals surface area contributed by atoms with Crippen LogP contribution in [0.3, 0.4) is 0 Å². The number of benzene rings is 1. The van der Waals surface area contributed by atoms with Gasteiger partial charge in [-0.2, -0.15) is 5.10 Å². The number of aryl methyl sites for hydroxylation is 1. The molecule has 0 aliphatic heterocycles. The molecule has 0 radical (unpaired) electrons. The van der Waals surface area contributed by atoms with Gasteiger partial charge in [-0.3, -0.25) is 4.79 Å². The second kappa shape index (κ2) is 7.83. The molecule has 136 valence electrons. The third-order valence-electron chi connectivity index (χ3n) is 4.18. The smallest absolute Gasteiger partial charge is 0.226 e. The highest BCUT2D eigenvalue weighted by atomic mass is 32.1. The van der Waals surface area contributed by atoms with Gasteiger partial charge in [0.1, 0.15) is 0 Å². The van der Waals surface area contributed by atoms with Crippen LogP contribution in [0.4, 0.5) is 0 Å². The first-order valence-electron chi connectivity index (χ1n) is 8.77. The lowest BCUT2D eigenvalue weighted by molar-refractivity contribution is -0.120. The Kier molecular flexibility index (Phi) is 5.52. The number of rotatable bonds is 6. The lowest BCUT2D eigenvalue weighted by Gasteiger charge is -2.06. The molecule has 5 nitrogen and oxygen atoms in total. The van der Waals surface area contributed by atoms with Crippen LogP contribution >= 0.6 is 11.3 Å². The molecule has 2 aromatic heterocycles. The Morgan fingerprint density at radius 2 is 1.96 bits per heavy atom. The SMILES string of the molecule is Cc1nn(-c2nc(CC(=O)NC(C)C)cs2)c(C)c1Cc1ccccc1. The maximum absolute atomic E-state index is 11.9. The average Bonchev–Trinajstić information content (AvgIpc) is 3.14. The van der Waals surface area contributed by atoms with Crippen LogP contribution in [0.2, 0.25) is 0 Å². The number of nitrogens with zero attached hydrogens (tertiary/aromatic N) is 3. The first-order valence-corrected chi connectivity index (χ1v) is 9.65. The van der Waals surface area contributed by atoms with Crippen molar-refractivity contribution < 1.29 is 4.79 Å². The van der Waals surface area contributed by atoms with Crippen LogP contribution in [0, 0.1) is 13.8 Å². The van der Waals surface area contributed by atoms with E-state index in [9.17, 15) is 4.79 Å². The Balaban J connectivity index is 1.80. The number of thiazole rings is 1. The quantitative estimate of drug-likeness (QED) is 0.723. The largest absolute Gasteiger partial charge is 0.354 e. The predicted molar refractivity (Wildman–Crippen MR) is 105 cm³/mol. The number of hydrogen-bond acceptors (Lipinski definition) is 4. The van der Waals surface area contributed by atoms with Gasteiger partial charge in [0.05, 0.1) is 17.8 Å². The highest BCUT2D eigenvalue weighted by Crippen LogP contribution is 2.23. The molecule has 0 aliphatic carbocycles. The van der Waals surface area contributed by atoms with Crippen molar-refractivity contribution in [3.05, 3.63) is 63.9 Å². The molecule has 6 heteroatoms. The zero-order chi connectivity index (χ0) is 18.7. The molecule has 0 saturated heterocycles. The van der Waals surface area contributed by atoms with Crippen molar-refractivity contribution in [2.24, 2.45) is 0 Å². The number of aromatic nitrogens is 3. The van der Waals surface area contributed by atoms with Crippen molar-refractivity contribution in [3.8, 4) is 5.13 Å². The van der Waals surface area contributed by atoms with Gasteiger partial charge < -0.3 is 5.32 Å². The fraction of sp³-hybridized carbons (Fsp3) is 0.350. The van der Waals surface area contributed by atoms with Crippen LogP contribution in [-0.2, 0) is 17.6 Å². The Labute approximate surface area is 158 Å². The molecular formula is C20H24N4OS. The zero-order valence-electron chi connectivity index (χ0n) is 15.6. The van der Waals surface area contributed by atoms with Crippen molar-refractivity contribution in [2.45, 2.75) is 46.6 Å². The van der Waals surface area contributed by atoms with E-state index in [4.69, 9.17) is 0 Å². The fourth-order valence-corrected chi connectivity index (χ4v) is 3.75. The number of carbonyl (C=O) groups is 1. The maximum atomic E-state index is 11.9. The molecule has 26 heavy (non-hydrogen) atoms. The van der Waals surface area contributed by atoms with Crippen LogP contribution < -0.4 is 5.32 Å². The molecule has 3 rings (SSSR count). The van der Waals surface area contributed by atoms with Gasteiger partial charge in [0.15, 0.2) is 0 Å². The summed E-state index contributed by atoms with van der Waals surface area (Å²) in [5.41, 5.74) is 5.38. The van der Waals surface area contributed by atoms with E-state index in [1.165, 1.54) is 22.5 Å². The van der Waals surface area contributed by atoms with E-state index in [2.05, 4.69) is 46.6 Å². The Bertz CT molecular complexity index is 896. The monoisotopic (exact) mass is 368 g/mol. The molecule has 0 atom stereocenters. The van der Waals surface area contributed by atoms with Gasteiger partial charge in [0.25, 0.3) is 0 Å². The third kappa shape index (κ3) is 4.19. The van der Waals surface area contributed by atoms with E-state index < -0.39 is 0 Å². The molecule has 0 unspecified atom stereocenters. The summed E-state index contributed by atoms with van der Waals surface area (Å²) in [6.45, 7) is 8.01. The Hall–Kier alpha value is -2.47. The standard InChI is InChI=1S/C20H24N4OS/c1-13(2)21-19(25)11-17-12-26-20(22-17)24-15(4)18(14(3)23-24)10-16-8-6-5-7-9-16/h5-9,12-13H,10-11H2,1-4H3,(H,21,25). The predicted octanol–water partition coefficient (Wildman–Crippen LogP) is 3.60. The van der Waals surface area contributed by atoms with Gasteiger partial charge in [0.2, 0.25) is 11.0 Å². The van der Waals surface area contributed by atoms with E-state index >= 15 is 0 Å². The minimum atomic E-state index is -0.00464. The second-order valence-electron chi connectivity index (χ2n) is 6.74. The summed E-state index contributed by atoms with van der Waals surface area (Å²) in [6.07, 6.45) is 1.15. The first-order chi connectivity index (χ1) is 12.4. The summed E-state index contributed by atoms with van der Waals surface area (Å²) < 4.78 is 1.89. The minimum absolute atomic E-state index is 0.00464. The minimum Gasteiger partial charge on any atom is -0.354 e. The summed E-state index contributed by atoms with van der Waals surface area (Å²) in [7, 11) is 0. The lowest BCUT2D eigenvalue weighted by atomic mass is 10.0. The molecular weight excluding hydrogens is 344 g/mol. The number of hydrogen-bond donors (Lipinski definition) is 1. The molecule has 0 saturated carbocycles. The topological polar surface area (TPSA) is 59.8 Å². The highest BCUT2D eigenvalue weighted by molar-refractivity contribution is 7.12. The molecule has 3 aromatic rings. The molecule has 1 aromatic carbocycles. The molecule has 0 spiro atoms. The van der Waals surface area contributed by atoms with Crippen LogP contribution in [-0.4, -0.2) is 26.7 Å². The molecule has 0 aliphatic rings. The van der Waals surface area contributed by atoms with Crippen LogP contribution in [0.1, 0.15) is 42.1 Å². The molecule has 0 bridgehead atoms. The van der Waals surface area contributed by atoms with Gasteiger partial charge in [-0.25, -0.2) is 9.67 Å². The van der Waals surface area contributed by atoms with E-state index in [1.54, 1.807) is 0 Å². The van der Waals surface area contributed by atoms with Crippen LogP contribution in [0.15, 0.2) is 35.7 Å². The maximum Gasteiger partial charge on any atom is 0.226 e. The molecule has 1 N–H and O–H groups in total. The van der Waals surface area contributed by atoms with Crippen LogP contribution in [0.5, 0.6) is 0 Å². The summed E-state index contributed by atoms with van der Waals surface area (Å²) in [5, 5.41) is 10.3. The van der Waals surface area contributed by atoms with E-state index in [0.717, 1.165) is 28.6 Å².